The van der Waals surface area contributed by atoms with Crippen LogP contribution in [0.1, 0.15) is 20.7 Å². The van der Waals surface area contributed by atoms with Crippen LogP contribution < -0.4 is 4.90 Å². The zero-order valence-corrected chi connectivity index (χ0v) is 32.2. The van der Waals surface area contributed by atoms with E-state index < -0.39 is 0 Å². The molecule has 0 aliphatic carbocycles. The van der Waals surface area contributed by atoms with Crippen LogP contribution in [0, 0.1) is 0 Å². The van der Waals surface area contributed by atoms with Crippen molar-refractivity contribution in [1.29, 1.82) is 0 Å². The minimum atomic E-state index is -0.374. The number of hydrogen-bond donors (Lipinski definition) is 0. The largest absolute Gasteiger partial charge is 0.308 e. The van der Waals surface area contributed by atoms with E-state index in [1.165, 1.54) is 4.90 Å². The number of amides is 2. The van der Waals surface area contributed by atoms with Crippen molar-refractivity contribution in [3.05, 3.63) is 218 Å². The molecule has 3 aromatic heterocycles. The standard InChI is InChI=1S/C54H34N4O2/c59-53-43-21-10-22-50(57-48-25-23-38(40-19-11-27-55-33-40)29-46(48)47-30-39(24-26-49(47)57)41-20-12-28-56-34-41)51(43)54(60)58(53)52-44(36-15-6-2-7-16-36)31-42(35-13-4-1-5-14-35)32-45(52)37-17-8-3-9-18-37/h1-34H. The Morgan fingerprint density at radius 3 is 1.37 bits per heavy atom. The number of carbonyl (C=O) groups is 2. The van der Waals surface area contributed by atoms with Crippen LogP contribution >= 0.6 is 0 Å². The number of anilines is 1. The average molecular weight is 771 g/mol. The molecule has 10 aromatic rings. The van der Waals surface area contributed by atoms with E-state index in [1.807, 2.05) is 116 Å². The van der Waals surface area contributed by atoms with E-state index in [1.54, 1.807) is 18.5 Å². The zero-order valence-electron chi connectivity index (χ0n) is 32.2. The lowest BCUT2D eigenvalue weighted by molar-refractivity contribution is 0.0926. The topological polar surface area (TPSA) is 68.1 Å². The first-order valence-corrected chi connectivity index (χ1v) is 19.9. The van der Waals surface area contributed by atoms with E-state index in [9.17, 15) is 0 Å². The fourth-order valence-electron chi connectivity index (χ4n) is 8.71. The quantitative estimate of drug-likeness (QED) is 0.151. The maximum atomic E-state index is 15.5. The first kappa shape index (κ1) is 35.0. The average Bonchev–Trinajstić information content (AvgIpc) is 3.78. The molecule has 0 N–H and O–H groups in total. The van der Waals surface area contributed by atoms with Crippen LogP contribution in [0.25, 0.3) is 83.1 Å². The molecule has 1 aliphatic heterocycles. The molecule has 0 radical (unpaired) electrons. The smallest absolute Gasteiger partial charge is 0.268 e. The van der Waals surface area contributed by atoms with Gasteiger partial charge in [-0.3, -0.25) is 19.6 Å². The van der Waals surface area contributed by atoms with Gasteiger partial charge < -0.3 is 4.57 Å². The summed E-state index contributed by atoms with van der Waals surface area (Å²) in [6, 6.07) is 60.8. The number of nitrogens with zero attached hydrogens (tertiary/aromatic N) is 4. The molecule has 11 rings (SSSR count). The number of pyridine rings is 2. The number of fused-ring (bicyclic) bond motifs is 4. The highest BCUT2D eigenvalue weighted by Gasteiger charge is 2.41. The number of rotatable bonds is 7. The molecule has 60 heavy (non-hydrogen) atoms. The SMILES string of the molecule is O=C1c2cccc(-n3c4ccc(-c5cccnc5)cc4c4cc(-c5cccnc5)ccc43)c2C(=O)N1c1c(-c2ccccc2)cc(-c2ccccc2)cc1-c1ccccc1. The van der Waals surface area contributed by atoms with Gasteiger partial charge in [0.25, 0.3) is 11.8 Å². The van der Waals surface area contributed by atoms with Crippen molar-refractivity contribution in [2.24, 2.45) is 0 Å². The van der Waals surface area contributed by atoms with Gasteiger partial charge in [0.2, 0.25) is 0 Å². The van der Waals surface area contributed by atoms with Gasteiger partial charge in [-0.2, -0.15) is 0 Å². The molecular weight excluding hydrogens is 737 g/mol. The Morgan fingerprint density at radius 2 is 0.867 bits per heavy atom. The molecule has 0 bridgehead atoms. The molecule has 0 spiro atoms. The maximum absolute atomic E-state index is 15.5. The lowest BCUT2D eigenvalue weighted by Crippen LogP contribution is -2.30. The summed E-state index contributed by atoms with van der Waals surface area (Å²) in [4.78, 5) is 40.7. The van der Waals surface area contributed by atoms with E-state index in [-0.39, 0.29) is 11.8 Å². The molecule has 0 saturated heterocycles. The number of imide groups is 1. The predicted molar refractivity (Wildman–Crippen MR) is 241 cm³/mol. The lowest BCUT2D eigenvalue weighted by Gasteiger charge is -2.24. The van der Waals surface area contributed by atoms with E-state index in [0.29, 0.717) is 22.5 Å². The second-order valence-corrected chi connectivity index (χ2v) is 14.9. The van der Waals surface area contributed by atoms with Gasteiger partial charge >= 0.3 is 0 Å². The Kier molecular flexibility index (Phi) is 8.34. The highest BCUT2D eigenvalue weighted by molar-refractivity contribution is 6.37. The van der Waals surface area contributed by atoms with Crippen LogP contribution in [0.15, 0.2) is 207 Å². The molecule has 7 aromatic carbocycles. The summed E-state index contributed by atoms with van der Waals surface area (Å²) in [7, 11) is 0. The third-order valence-electron chi connectivity index (χ3n) is 11.5. The van der Waals surface area contributed by atoms with Crippen LogP contribution in [0.3, 0.4) is 0 Å². The van der Waals surface area contributed by atoms with Crippen molar-refractivity contribution in [1.82, 2.24) is 14.5 Å². The van der Waals surface area contributed by atoms with E-state index in [2.05, 4.69) is 87.3 Å². The van der Waals surface area contributed by atoms with E-state index >= 15 is 9.59 Å². The van der Waals surface area contributed by atoms with Crippen molar-refractivity contribution in [3.8, 4) is 61.3 Å². The summed E-state index contributed by atoms with van der Waals surface area (Å²) in [5.41, 5.74) is 13.2. The van der Waals surface area contributed by atoms with Crippen molar-refractivity contribution in [3.63, 3.8) is 0 Å². The minimum absolute atomic E-state index is 0.358. The number of aromatic nitrogens is 3. The maximum Gasteiger partial charge on any atom is 0.268 e. The van der Waals surface area contributed by atoms with Crippen molar-refractivity contribution in [2.45, 2.75) is 0 Å². The summed E-state index contributed by atoms with van der Waals surface area (Å²) >= 11 is 0. The summed E-state index contributed by atoms with van der Waals surface area (Å²) in [6.45, 7) is 0. The summed E-state index contributed by atoms with van der Waals surface area (Å²) in [6.07, 6.45) is 7.28. The minimum Gasteiger partial charge on any atom is -0.308 e. The van der Waals surface area contributed by atoms with E-state index in [4.69, 9.17) is 0 Å². The third kappa shape index (κ3) is 5.73. The summed E-state index contributed by atoms with van der Waals surface area (Å²) in [5.74, 6) is -0.737. The van der Waals surface area contributed by atoms with E-state index in [0.717, 1.165) is 77.4 Å². The Hall–Kier alpha value is -8.22. The number of benzene rings is 7. The molecule has 0 saturated carbocycles. The van der Waals surface area contributed by atoms with Crippen LogP contribution in [-0.2, 0) is 0 Å². The second-order valence-electron chi connectivity index (χ2n) is 14.9. The van der Waals surface area contributed by atoms with Gasteiger partial charge in [0, 0.05) is 57.8 Å². The first-order valence-electron chi connectivity index (χ1n) is 19.9. The van der Waals surface area contributed by atoms with Gasteiger partial charge in [0.05, 0.1) is 33.5 Å². The Morgan fingerprint density at radius 1 is 0.367 bits per heavy atom. The van der Waals surface area contributed by atoms with Gasteiger partial charge in [-0.15, -0.1) is 0 Å². The molecule has 2 amide bonds. The highest BCUT2D eigenvalue weighted by atomic mass is 16.2. The normalized spacial score (nSPS) is 12.4. The lowest BCUT2D eigenvalue weighted by atomic mass is 9.90. The Balaban J connectivity index is 1.15. The monoisotopic (exact) mass is 770 g/mol. The second kappa shape index (κ2) is 14.3. The first-order chi connectivity index (χ1) is 29.6. The van der Waals surface area contributed by atoms with Crippen LogP contribution in [0.4, 0.5) is 5.69 Å². The van der Waals surface area contributed by atoms with Crippen LogP contribution in [0.2, 0.25) is 0 Å². The summed E-state index contributed by atoms with van der Waals surface area (Å²) < 4.78 is 2.13. The molecule has 1 aliphatic rings. The molecule has 6 nitrogen and oxygen atoms in total. The third-order valence-corrected chi connectivity index (χ3v) is 11.5. The molecule has 0 unspecified atom stereocenters. The molecule has 4 heterocycles. The molecular formula is C54H34N4O2. The van der Waals surface area contributed by atoms with Gasteiger partial charge in [-0.1, -0.05) is 121 Å². The molecule has 0 fully saturated rings. The number of carbonyl (C=O) groups excluding carboxylic acids is 2. The molecule has 282 valence electrons. The van der Waals surface area contributed by atoms with Gasteiger partial charge in [0.15, 0.2) is 0 Å². The zero-order chi connectivity index (χ0) is 40.2. The van der Waals surface area contributed by atoms with Crippen LogP contribution in [0.5, 0.6) is 0 Å². The molecule has 6 heteroatoms. The van der Waals surface area contributed by atoms with Gasteiger partial charge in [-0.25, -0.2) is 4.90 Å². The number of hydrogen-bond acceptors (Lipinski definition) is 4. The Labute approximate surface area is 346 Å². The van der Waals surface area contributed by atoms with Crippen molar-refractivity contribution in [2.75, 3.05) is 4.90 Å². The van der Waals surface area contributed by atoms with Gasteiger partial charge in [-0.05, 0) is 94.0 Å². The van der Waals surface area contributed by atoms with Crippen molar-refractivity contribution < 1.29 is 9.59 Å². The fourth-order valence-corrected chi connectivity index (χ4v) is 8.71. The summed E-state index contributed by atoms with van der Waals surface area (Å²) in [5, 5.41) is 2.02. The van der Waals surface area contributed by atoms with Gasteiger partial charge in [0.1, 0.15) is 0 Å². The highest BCUT2D eigenvalue weighted by Crippen LogP contribution is 2.47. The fraction of sp³-hybridized carbons (Fsp3) is 0. The predicted octanol–water partition coefficient (Wildman–Crippen LogP) is 12.7. The molecule has 0 atom stereocenters. The van der Waals surface area contributed by atoms with Crippen molar-refractivity contribution >= 4 is 39.3 Å². The van der Waals surface area contributed by atoms with Crippen LogP contribution in [-0.4, -0.2) is 26.3 Å². The Bertz CT molecular complexity index is 3120.